The number of pyridine rings is 1. The Morgan fingerprint density at radius 2 is 2.14 bits per heavy atom. The van der Waals surface area contributed by atoms with Crippen molar-refractivity contribution in [3.05, 3.63) is 52.0 Å². The molecular weight excluding hydrogens is 174 g/mol. The van der Waals surface area contributed by atoms with Crippen LogP contribution in [0.5, 0.6) is 0 Å². The average Bonchev–Trinajstić information content (AvgIpc) is 2.19. The summed E-state index contributed by atoms with van der Waals surface area (Å²) in [6.45, 7) is 5.77. The van der Waals surface area contributed by atoms with E-state index in [1.807, 2.05) is 45.1 Å². The van der Waals surface area contributed by atoms with Gasteiger partial charge in [-0.2, -0.15) is 0 Å². The lowest BCUT2D eigenvalue weighted by Gasteiger charge is -2.02. The molecule has 0 saturated heterocycles. The number of H-pyrrole nitrogens is 1. The van der Waals surface area contributed by atoms with Crippen LogP contribution in [0.1, 0.15) is 25.0 Å². The second kappa shape index (κ2) is 4.61. The SMILES string of the molecule is C/C=C\C(=C/C)c1c[nH]c(=O)c(C)c1. The van der Waals surface area contributed by atoms with Gasteiger partial charge in [0.2, 0.25) is 0 Å². The number of aryl methyl sites for hydroxylation is 1. The Hall–Kier alpha value is -1.57. The van der Waals surface area contributed by atoms with Gasteiger partial charge in [-0.25, -0.2) is 0 Å². The third-order valence-corrected chi connectivity index (χ3v) is 2.08. The van der Waals surface area contributed by atoms with Crippen LogP contribution in [0.4, 0.5) is 0 Å². The smallest absolute Gasteiger partial charge is 0.250 e. The first kappa shape index (κ1) is 10.5. The molecule has 1 aromatic rings. The van der Waals surface area contributed by atoms with Crippen LogP contribution in [0.25, 0.3) is 5.57 Å². The van der Waals surface area contributed by atoms with Crippen LogP contribution in [0, 0.1) is 6.92 Å². The molecule has 0 unspecified atom stereocenters. The standard InChI is InChI=1S/C12H15NO/c1-4-6-10(5-2)11-7-9(3)12(14)13-8-11/h4-8H,1-3H3,(H,13,14)/b6-4-,10-5+. The minimum absolute atomic E-state index is 0.0234. The number of aromatic amines is 1. The topological polar surface area (TPSA) is 32.9 Å². The molecule has 0 aliphatic heterocycles. The highest BCUT2D eigenvalue weighted by molar-refractivity contribution is 5.73. The summed E-state index contributed by atoms with van der Waals surface area (Å²) in [4.78, 5) is 13.9. The van der Waals surface area contributed by atoms with Gasteiger partial charge in [-0.15, -0.1) is 0 Å². The predicted octanol–water partition coefficient (Wildman–Crippen LogP) is 2.66. The Morgan fingerprint density at radius 1 is 1.43 bits per heavy atom. The lowest BCUT2D eigenvalue weighted by atomic mass is 10.1. The molecule has 74 valence electrons. The monoisotopic (exact) mass is 189 g/mol. The third kappa shape index (κ3) is 2.22. The predicted molar refractivity (Wildman–Crippen MR) is 60.3 cm³/mol. The van der Waals surface area contributed by atoms with E-state index < -0.39 is 0 Å². The van der Waals surface area contributed by atoms with E-state index in [0.29, 0.717) is 0 Å². The molecular formula is C12H15NO. The Balaban J connectivity index is 3.19. The molecule has 14 heavy (non-hydrogen) atoms. The van der Waals surface area contributed by atoms with Crippen molar-refractivity contribution >= 4 is 5.57 Å². The molecule has 0 spiro atoms. The van der Waals surface area contributed by atoms with Crippen molar-refractivity contribution in [2.45, 2.75) is 20.8 Å². The number of nitrogens with one attached hydrogen (secondary N) is 1. The second-order valence-electron chi connectivity index (χ2n) is 3.14. The van der Waals surface area contributed by atoms with Gasteiger partial charge in [0.25, 0.3) is 5.56 Å². The Morgan fingerprint density at radius 3 is 2.64 bits per heavy atom. The fraction of sp³-hybridized carbons (Fsp3) is 0.250. The first-order chi connectivity index (χ1) is 6.69. The zero-order chi connectivity index (χ0) is 10.6. The van der Waals surface area contributed by atoms with Crippen LogP contribution >= 0.6 is 0 Å². The van der Waals surface area contributed by atoms with Crippen molar-refractivity contribution in [1.29, 1.82) is 0 Å². The lowest BCUT2D eigenvalue weighted by molar-refractivity contribution is 1.17. The highest BCUT2D eigenvalue weighted by Gasteiger charge is 1.99. The van der Waals surface area contributed by atoms with E-state index in [-0.39, 0.29) is 5.56 Å². The quantitative estimate of drug-likeness (QED) is 0.713. The van der Waals surface area contributed by atoms with Gasteiger partial charge in [0.15, 0.2) is 0 Å². The second-order valence-corrected chi connectivity index (χ2v) is 3.14. The van der Waals surface area contributed by atoms with Crippen LogP contribution in [0.2, 0.25) is 0 Å². The Bertz CT molecular complexity index is 424. The molecule has 0 radical (unpaired) electrons. The average molecular weight is 189 g/mol. The molecule has 2 heteroatoms. The van der Waals surface area contributed by atoms with Gasteiger partial charge < -0.3 is 4.98 Å². The molecule has 0 aliphatic carbocycles. The molecule has 0 amide bonds. The maximum Gasteiger partial charge on any atom is 0.250 e. The van der Waals surface area contributed by atoms with Crippen LogP contribution in [-0.4, -0.2) is 4.98 Å². The molecule has 0 aliphatic rings. The van der Waals surface area contributed by atoms with Crippen LogP contribution in [0.3, 0.4) is 0 Å². The maximum atomic E-state index is 11.1. The molecule has 1 rings (SSSR count). The molecule has 2 nitrogen and oxygen atoms in total. The summed E-state index contributed by atoms with van der Waals surface area (Å²) in [7, 11) is 0. The van der Waals surface area contributed by atoms with E-state index in [1.54, 1.807) is 6.20 Å². The molecule has 0 saturated carbocycles. The van der Waals surface area contributed by atoms with Crippen molar-refractivity contribution in [3.8, 4) is 0 Å². The summed E-state index contributed by atoms with van der Waals surface area (Å²) in [6, 6.07) is 1.90. The minimum Gasteiger partial charge on any atom is -0.328 e. The number of allylic oxidation sites excluding steroid dienone is 4. The van der Waals surface area contributed by atoms with E-state index >= 15 is 0 Å². The number of hydrogen-bond donors (Lipinski definition) is 1. The van der Waals surface area contributed by atoms with Gasteiger partial charge >= 0.3 is 0 Å². The van der Waals surface area contributed by atoms with Gasteiger partial charge in [-0.1, -0.05) is 18.2 Å². The normalized spacial score (nSPS) is 12.4. The Labute approximate surface area is 84.0 Å². The molecule has 0 atom stereocenters. The maximum absolute atomic E-state index is 11.1. The van der Waals surface area contributed by atoms with Crippen molar-refractivity contribution in [1.82, 2.24) is 4.98 Å². The van der Waals surface area contributed by atoms with Crippen molar-refractivity contribution in [3.63, 3.8) is 0 Å². The van der Waals surface area contributed by atoms with E-state index in [1.165, 1.54) is 0 Å². The number of aromatic nitrogens is 1. The summed E-state index contributed by atoms with van der Waals surface area (Å²) >= 11 is 0. The first-order valence-electron chi connectivity index (χ1n) is 4.67. The van der Waals surface area contributed by atoms with Crippen molar-refractivity contribution in [2.75, 3.05) is 0 Å². The van der Waals surface area contributed by atoms with Gasteiger partial charge in [0, 0.05) is 11.8 Å². The zero-order valence-electron chi connectivity index (χ0n) is 8.79. The van der Waals surface area contributed by atoms with Crippen LogP contribution in [-0.2, 0) is 0 Å². The first-order valence-corrected chi connectivity index (χ1v) is 4.67. The molecule has 0 aromatic carbocycles. The van der Waals surface area contributed by atoms with Crippen molar-refractivity contribution in [2.24, 2.45) is 0 Å². The summed E-state index contributed by atoms with van der Waals surface area (Å²) in [5.41, 5.74) is 2.88. The lowest BCUT2D eigenvalue weighted by Crippen LogP contribution is -2.08. The largest absolute Gasteiger partial charge is 0.328 e. The van der Waals surface area contributed by atoms with E-state index in [9.17, 15) is 4.79 Å². The summed E-state index contributed by atoms with van der Waals surface area (Å²) in [5, 5.41) is 0. The van der Waals surface area contributed by atoms with Gasteiger partial charge in [-0.3, -0.25) is 4.79 Å². The summed E-state index contributed by atoms with van der Waals surface area (Å²) in [6.07, 6.45) is 7.76. The van der Waals surface area contributed by atoms with E-state index in [2.05, 4.69) is 4.98 Å². The fourth-order valence-electron chi connectivity index (χ4n) is 1.30. The Kier molecular flexibility index (Phi) is 3.46. The highest BCUT2D eigenvalue weighted by atomic mass is 16.1. The van der Waals surface area contributed by atoms with Crippen LogP contribution in [0.15, 0.2) is 35.3 Å². The van der Waals surface area contributed by atoms with Crippen LogP contribution < -0.4 is 5.56 Å². The number of rotatable bonds is 2. The van der Waals surface area contributed by atoms with E-state index in [0.717, 1.165) is 16.7 Å². The molecule has 1 aromatic heterocycles. The molecule has 0 fully saturated rings. The summed E-state index contributed by atoms with van der Waals surface area (Å²) < 4.78 is 0. The van der Waals surface area contributed by atoms with Gasteiger partial charge in [0.05, 0.1) is 0 Å². The molecule has 0 bridgehead atoms. The van der Waals surface area contributed by atoms with Gasteiger partial charge in [-0.05, 0) is 38.0 Å². The molecule has 1 heterocycles. The van der Waals surface area contributed by atoms with E-state index in [4.69, 9.17) is 0 Å². The number of hydrogen-bond acceptors (Lipinski definition) is 1. The van der Waals surface area contributed by atoms with Gasteiger partial charge in [0.1, 0.15) is 0 Å². The minimum atomic E-state index is -0.0234. The molecule has 1 N–H and O–H groups in total. The highest BCUT2D eigenvalue weighted by Crippen LogP contribution is 2.14. The third-order valence-electron chi connectivity index (χ3n) is 2.08. The zero-order valence-corrected chi connectivity index (χ0v) is 8.79. The fourth-order valence-corrected chi connectivity index (χ4v) is 1.30. The van der Waals surface area contributed by atoms with Crippen molar-refractivity contribution < 1.29 is 0 Å². The summed E-state index contributed by atoms with van der Waals surface area (Å²) in [5.74, 6) is 0.